The Morgan fingerprint density at radius 2 is 1.56 bits per heavy atom. The van der Waals surface area contributed by atoms with Crippen molar-refractivity contribution in [3.8, 4) is 5.75 Å². The van der Waals surface area contributed by atoms with E-state index in [-0.39, 0.29) is 18.4 Å². The zero-order valence-electron chi connectivity index (χ0n) is 14.3. The number of aryl methyl sites for hydroxylation is 1. The molecule has 25 heavy (non-hydrogen) atoms. The first-order valence-corrected chi connectivity index (χ1v) is 8.92. The molecule has 0 atom stereocenters. The molecular weight excluding hydrogens is 384 g/mol. The van der Waals surface area contributed by atoms with E-state index >= 15 is 0 Å². The van der Waals surface area contributed by atoms with Crippen molar-refractivity contribution in [2.24, 2.45) is 0 Å². The molecule has 2 amide bonds. The van der Waals surface area contributed by atoms with Crippen LogP contribution in [-0.2, 0) is 16.0 Å². The van der Waals surface area contributed by atoms with Gasteiger partial charge in [-0.1, -0.05) is 19.9 Å². The fraction of sp³-hybridized carbons (Fsp3) is 0.263. The van der Waals surface area contributed by atoms with Crippen molar-refractivity contribution in [2.45, 2.75) is 26.7 Å². The zero-order chi connectivity index (χ0) is 18.2. The highest BCUT2D eigenvalue weighted by Crippen LogP contribution is 2.26. The fourth-order valence-corrected chi connectivity index (χ4v) is 2.65. The van der Waals surface area contributed by atoms with Gasteiger partial charge in [0, 0.05) is 17.8 Å². The van der Waals surface area contributed by atoms with Crippen LogP contribution in [0, 0.1) is 0 Å². The number of carbonyl (C=O) groups excluding carboxylic acids is 2. The molecule has 0 aliphatic carbocycles. The van der Waals surface area contributed by atoms with E-state index < -0.39 is 0 Å². The van der Waals surface area contributed by atoms with Gasteiger partial charge < -0.3 is 15.4 Å². The van der Waals surface area contributed by atoms with Gasteiger partial charge in [-0.15, -0.1) is 0 Å². The standard InChI is InChI=1S/C19H21BrN2O3/c1-3-13-5-10-17(16(20)11-13)25-12-19(24)22-15-8-6-14(7-9-15)21-18(23)4-2/h5-11H,3-4,12H2,1-2H3,(H,21,23)(H,22,24). The van der Waals surface area contributed by atoms with Crippen molar-refractivity contribution >= 4 is 39.1 Å². The molecule has 2 aromatic rings. The number of halogens is 1. The van der Waals surface area contributed by atoms with Crippen LogP contribution in [0.3, 0.4) is 0 Å². The summed E-state index contributed by atoms with van der Waals surface area (Å²) in [6, 6.07) is 12.7. The number of rotatable bonds is 7. The Kier molecular flexibility index (Phi) is 7.01. The second-order valence-electron chi connectivity index (χ2n) is 5.43. The normalized spacial score (nSPS) is 10.2. The maximum absolute atomic E-state index is 12.0. The molecule has 0 heterocycles. The number of hydrogen-bond donors (Lipinski definition) is 2. The number of amides is 2. The van der Waals surface area contributed by atoms with Crippen molar-refractivity contribution in [2.75, 3.05) is 17.2 Å². The lowest BCUT2D eigenvalue weighted by molar-refractivity contribution is -0.118. The number of hydrogen-bond acceptors (Lipinski definition) is 3. The van der Waals surface area contributed by atoms with Gasteiger partial charge in [-0.05, 0) is 64.3 Å². The molecule has 0 unspecified atom stereocenters. The van der Waals surface area contributed by atoms with Crippen LogP contribution in [-0.4, -0.2) is 18.4 Å². The first kappa shape index (κ1) is 19.0. The molecule has 0 spiro atoms. The molecule has 2 rings (SSSR count). The topological polar surface area (TPSA) is 67.4 Å². The van der Waals surface area contributed by atoms with Crippen molar-refractivity contribution < 1.29 is 14.3 Å². The molecule has 0 aliphatic heterocycles. The predicted molar refractivity (Wildman–Crippen MR) is 103 cm³/mol. The Morgan fingerprint density at radius 3 is 2.08 bits per heavy atom. The molecule has 0 aromatic heterocycles. The van der Waals surface area contributed by atoms with Crippen molar-refractivity contribution in [3.05, 3.63) is 52.5 Å². The summed E-state index contributed by atoms with van der Waals surface area (Å²) >= 11 is 3.45. The average Bonchev–Trinajstić information content (AvgIpc) is 2.62. The van der Waals surface area contributed by atoms with Crippen LogP contribution in [0.1, 0.15) is 25.8 Å². The van der Waals surface area contributed by atoms with E-state index in [0.29, 0.717) is 23.5 Å². The molecule has 0 fully saturated rings. The number of nitrogens with one attached hydrogen (secondary N) is 2. The highest BCUT2D eigenvalue weighted by molar-refractivity contribution is 9.10. The summed E-state index contributed by atoms with van der Waals surface area (Å²) in [6.45, 7) is 3.78. The van der Waals surface area contributed by atoms with Crippen molar-refractivity contribution in [3.63, 3.8) is 0 Å². The summed E-state index contributed by atoms with van der Waals surface area (Å²) in [7, 11) is 0. The predicted octanol–water partition coefficient (Wildman–Crippen LogP) is 4.38. The lowest BCUT2D eigenvalue weighted by Gasteiger charge is -2.10. The van der Waals surface area contributed by atoms with E-state index in [1.807, 2.05) is 18.2 Å². The molecule has 0 saturated carbocycles. The number of benzene rings is 2. The van der Waals surface area contributed by atoms with E-state index in [1.165, 1.54) is 5.56 Å². The summed E-state index contributed by atoms with van der Waals surface area (Å²) in [4.78, 5) is 23.3. The van der Waals surface area contributed by atoms with Gasteiger partial charge in [0.2, 0.25) is 5.91 Å². The van der Waals surface area contributed by atoms with Crippen LogP contribution in [0.15, 0.2) is 46.9 Å². The fourth-order valence-electron chi connectivity index (χ4n) is 2.11. The first-order chi connectivity index (χ1) is 12.0. The SMILES string of the molecule is CCC(=O)Nc1ccc(NC(=O)COc2ccc(CC)cc2Br)cc1. The largest absolute Gasteiger partial charge is 0.483 e. The van der Waals surface area contributed by atoms with E-state index in [4.69, 9.17) is 4.74 Å². The van der Waals surface area contributed by atoms with Gasteiger partial charge in [-0.2, -0.15) is 0 Å². The van der Waals surface area contributed by atoms with Crippen LogP contribution in [0.2, 0.25) is 0 Å². The van der Waals surface area contributed by atoms with Crippen LogP contribution in [0.4, 0.5) is 11.4 Å². The number of carbonyl (C=O) groups is 2. The Hall–Kier alpha value is -2.34. The van der Waals surface area contributed by atoms with Crippen LogP contribution < -0.4 is 15.4 Å². The molecular formula is C19H21BrN2O3. The molecule has 132 valence electrons. The third-order valence-corrected chi connectivity index (χ3v) is 4.16. The monoisotopic (exact) mass is 404 g/mol. The lowest BCUT2D eigenvalue weighted by atomic mass is 10.2. The molecule has 0 saturated heterocycles. The Balaban J connectivity index is 1.87. The smallest absolute Gasteiger partial charge is 0.262 e. The Labute approximate surface area is 155 Å². The highest BCUT2D eigenvalue weighted by atomic mass is 79.9. The minimum atomic E-state index is -0.253. The third kappa shape index (κ3) is 5.90. The summed E-state index contributed by atoms with van der Waals surface area (Å²) in [5.41, 5.74) is 2.53. The van der Waals surface area contributed by atoms with Crippen LogP contribution in [0.25, 0.3) is 0 Å². The van der Waals surface area contributed by atoms with E-state index in [9.17, 15) is 9.59 Å². The van der Waals surface area contributed by atoms with Gasteiger partial charge in [0.15, 0.2) is 6.61 Å². The first-order valence-electron chi connectivity index (χ1n) is 8.12. The van der Waals surface area contributed by atoms with Crippen molar-refractivity contribution in [1.29, 1.82) is 0 Å². The summed E-state index contributed by atoms with van der Waals surface area (Å²) < 4.78 is 6.37. The zero-order valence-corrected chi connectivity index (χ0v) is 15.9. The maximum Gasteiger partial charge on any atom is 0.262 e. The summed E-state index contributed by atoms with van der Waals surface area (Å²) in [6.07, 6.45) is 1.36. The van der Waals surface area contributed by atoms with E-state index in [1.54, 1.807) is 31.2 Å². The van der Waals surface area contributed by atoms with Gasteiger partial charge in [0.05, 0.1) is 4.47 Å². The molecule has 2 N–H and O–H groups in total. The van der Waals surface area contributed by atoms with Gasteiger partial charge >= 0.3 is 0 Å². The average molecular weight is 405 g/mol. The minimum Gasteiger partial charge on any atom is -0.483 e. The van der Waals surface area contributed by atoms with Gasteiger partial charge in [-0.25, -0.2) is 0 Å². The molecule has 0 radical (unpaired) electrons. The van der Waals surface area contributed by atoms with Crippen molar-refractivity contribution in [1.82, 2.24) is 0 Å². The van der Waals surface area contributed by atoms with Gasteiger partial charge in [0.25, 0.3) is 5.91 Å². The summed E-state index contributed by atoms with van der Waals surface area (Å²) in [5, 5.41) is 5.51. The Bertz CT molecular complexity index is 745. The van der Waals surface area contributed by atoms with Gasteiger partial charge in [0.1, 0.15) is 5.75 Å². The number of anilines is 2. The van der Waals surface area contributed by atoms with Crippen LogP contribution in [0.5, 0.6) is 5.75 Å². The molecule has 5 nitrogen and oxygen atoms in total. The lowest BCUT2D eigenvalue weighted by Crippen LogP contribution is -2.20. The maximum atomic E-state index is 12.0. The van der Waals surface area contributed by atoms with E-state index in [2.05, 4.69) is 33.5 Å². The highest BCUT2D eigenvalue weighted by Gasteiger charge is 2.07. The molecule has 6 heteroatoms. The number of ether oxygens (including phenoxy) is 1. The van der Waals surface area contributed by atoms with Gasteiger partial charge in [-0.3, -0.25) is 9.59 Å². The van der Waals surface area contributed by atoms with Crippen LogP contribution >= 0.6 is 15.9 Å². The molecule has 2 aromatic carbocycles. The Morgan fingerprint density at radius 1 is 0.960 bits per heavy atom. The third-order valence-electron chi connectivity index (χ3n) is 3.54. The van der Waals surface area contributed by atoms with E-state index in [0.717, 1.165) is 10.9 Å². The second kappa shape index (κ2) is 9.22. The quantitative estimate of drug-likeness (QED) is 0.719. The molecule has 0 aliphatic rings. The minimum absolute atomic E-state index is 0.0511. The summed E-state index contributed by atoms with van der Waals surface area (Å²) in [5.74, 6) is 0.326. The second-order valence-corrected chi connectivity index (χ2v) is 6.29. The molecule has 0 bridgehead atoms.